The fourth-order valence-electron chi connectivity index (χ4n) is 4.84. The molecule has 1 saturated heterocycles. The lowest BCUT2D eigenvalue weighted by Gasteiger charge is -2.38. The van der Waals surface area contributed by atoms with Gasteiger partial charge in [-0.25, -0.2) is 4.39 Å². The van der Waals surface area contributed by atoms with Gasteiger partial charge in [-0.3, -0.25) is 9.59 Å². The van der Waals surface area contributed by atoms with Gasteiger partial charge in [-0.2, -0.15) is 0 Å². The second-order valence-electron chi connectivity index (χ2n) is 10.3. The molecule has 0 unspecified atom stereocenters. The standard InChI is InChI=1S/C27H35FN2O2/c1-17-11-20(15-24(31)29-27(4,5)6)12-18(2)25(17)30-16-21(13-19(3)26(30)32)14-22-9-7-8-10-23(22)28/h7-12,19,21H,13-16H2,1-6H3,(H,29,31)/t19-,21-/m1/s1. The highest BCUT2D eigenvalue weighted by molar-refractivity contribution is 5.97. The van der Waals surface area contributed by atoms with Crippen LogP contribution < -0.4 is 10.2 Å². The molecule has 3 rings (SSSR count). The molecule has 2 atom stereocenters. The Balaban J connectivity index is 1.82. The Hall–Kier alpha value is -2.69. The average molecular weight is 439 g/mol. The molecule has 32 heavy (non-hydrogen) atoms. The van der Waals surface area contributed by atoms with Crippen molar-refractivity contribution in [1.29, 1.82) is 0 Å². The summed E-state index contributed by atoms with van der Waals surface area (Å²) in [6.45, 7) is 12.4. The topological polar surface area (TPSA) is 49.4 Å². The highest BCUT2D eigenvalue weighted by Gasteiger charge is 2.34. The van der Waals surface area contributed by atoms with Crippen molar-refractivity contribution in [3.8, 4) is 0 Å². The zero-order valence-corrected chi connectivity index (χ0v) is 20.1. The molecule has 1 heterocycles. The molecule has 1 aliphatic heterocycles. The first-order valence-electron chi connectivity index (χ1n) is 11.4. The second kappa shape index (κ2) is 9.43. The lowest BCUT2D eigenvalue weighted by Crippen LogP contribution is -2.46. The molecular weight excluding hydrogens is 403 g/mol. The molecule has 0 saturated carbocycles. The van der Waals surface area contributed by atoms with Crippen LogP contribution in [0.2, 0.25) is 0 Å². The van der Waals surface area contributed by atoms with E-state index in [1.165, 1.54) is 6.07 Å². The second-order valence-corrected chi connectivity index (χ2v) is 10.3. The van der Waals surface area contributed by atoms with E-state index in [1.54, 1.807) is 6.07 Å². The number of benzene rings is 2. The Labute approximate surface area is 191 Å². The van der Waals surface area contributed by atoms with Crippen molar-refractivity contribution >= 4 is 17.5 Å². The van der Waals surface area contributed by atoms with E-state index in [-0.39, 0.29) is 35.0 Å². The van der Waals surface area contributed by atoms with Crippen LogP contribution in [-0.2, 0) is 22.4 Å². The van der Waals surface area contributed by atoms with Gasteiger partial charge in [-0.1, -0.05) is 37.3 Å². The van der Waals surface area contributed by atoms with Gasteiger partial charge in [0.15, 0.2) is 0 Å². The third kappa shape index (κ3) is 5.76. The van der Waals surface area contributed by atoms with Crippen molar-refractivity contribution in [1.82, 2.24) is 5.32 Å². The summed E-state index contributed by atoms with van der Waals surface area (Å²) in [5, 5.41) is 3.00. The van der Waals surface area contributed by atoms with Gasteiger partial charge in [-0.15, -0.1) is 0 Å². The number of hydrogen-bond acceptors (Lipinski definition) is 2. The average Bonchev–Trinajstić information content (AvgIpc) is 2.65. The van der Waals surface area contributed by atoms with Gasteiger partial charge < -0.3 is 10.2 Å². The molecule has 0 aromatic heterocycles. The minimum Gasteiger partial charge on any atom is -0.351 e. The molecule has 1 N–H and O–H groups in total. The Morgan fingerprint density at radius 3 is 2.38 bits per heavy atom. The summed E-state index contributed by atoms with van der Waals surface area (Å²) in [7, 11) is 0. The van der Waals surface area contributed by atoms with Crippen molar-refractivity contribution in [3.05, 3.63) is 64.5 Å². The van der Waals surface area contributed by atoms with Crippen LogP contribution in [0.3, 0.4) is 0 Å². The SMILES string of the molecule is Cc1cc(CC(=O)NC(C)(C)C)cc(C)c1N1C[C@@H](Cc2ccccc2F)C[C@@H](C)C1=O. The van der Waals surface area contributed by atoms with Gasteiger partial charge in [0.25, 0.3) is 0 Å². The number of amides is 2. The number of anilines is 1. The maximum absolute atomic E-state index is 14.2. The molecule has 5 heteroatoms. The Bertz CT molecular complexity index is 986. The van der Waals surface area contributed by atoms with Gasteiger partial charge in [-0.05, 0) is 81.7 Å². The maximum atomic E-state index is 14.2. The number of nitrogens with zero attached hydrogens (tertiary/aromatic N) is 1. The predicted octanol–water partition coefficient (Wildman–Crippen LogP) is 5.13. The monoisotopic (exact) mass is 438 g/mol. The molecule has 1 fully saturated rings. The molecule has 2 amide bonds. The van der Waals surface area contributed by atoms with Crippen LogP contribution >= 0.6 is 0 Å². The fraction of sp³-hybridized carbons (Fsp3) is 0.481. The first-order valence-corrected chi connectivity index (χ1v) is 11.4. The van der Waals surface area contributed by atoms with Crippen LogP contribution in [0.5, 0.6) is 0 Å². The van der Waals surface area contributed by atoms with Crippen LogP contribution in [0.25, 0.3) is 0 Å². The van der Waals surface area contributed by atoms with Crippen molar-refractivity contribution < 1.29 is 14.0 Å². The number of halogens is 1. The van der Waals surface area contributed by atoms with E-state index in [2.05, 4.69) is 5.32 Å². The van der Waals surface area contributed by atoms with E-state index in [9.17, 15) is 14.0 Å². The molecule has 4 nitrogen and oxygen atoms in total. The zero-order valence-electron chi connectivity index (χ0n) is 20.1. The third-order valence-corrected chi connectivity index (χ3v) is 5.98. The predicted molar refractivity (Wildman–Crippen MR) is 127 cm³/mol. The van der Waals surface area contributed by atoms with Gasteiger partial charge >= 0.3 is 0 Å². The van der Waals surface area contributed by atoms with Gasteiger partial charge in [0.1, 0.15) is 5.82 Å². The molecule has 2 aromatic rings. The van der Waals surface area contributed by atoms with E-state index in [0.29, 0.717) is 24.9 Å². The quantitative estimate of drug-likeness (QED) is 0.703. The summed E-state index contributed by atoms with van der Waals surface area (Å²) in [6, 6.07) is 10.9. The number of rotatable bonds is 5. The van der Waals surface area contributed by atoms with E-state index >= 15 is 0 Å². The van der Waals surface area contributed by atoms with Gasteiger partial charge in [0.05, 0.1) is 6.42 Å². The van der Waals surface area contributed by atoms with Crippen LogP contribution in [0, 0.1) is 31.5 Å². The number of piperidine rings is 1. The smallest absolute Gasteiger partial charge is 0.229 e. The largest absolute Gasteiger partial charge is 0.351 e. The minimum absolute atomic E-state index is 0.0170. The number of aryl methyl sites for hydroxylation is 2. The molecule has 2 aromatic carbocycles. The van der Waals surface area contributed by atoms with Crippen LogP contribution in [0.1, 0.15) is 56.4 Å². The molecule has 0 bridgehead atoms. The lowest BCUT2D eigenvalue weighted by molar-refractivity contribution is -0.124. The highest BCUT2D eigenvalue weighted by Crippen LogP contribution is 2.34. The highest BCUT2D eigenvalue weighted by atomic mass is 19.1. The van der Waals surface area contributed by atoms with E-state index in [1.807, 2.05) is 70.7 Å². The molecule has 1 aliphatic rings. The van der Waals surface area contributed by atoms with E-state index < -0.39 is 0 Å². The summed E-state index contributed by atoms with van der Waals surface area (Å²) in [5.74, 6) is -0.0167. The van der Waals surface area contributed by atoms with Crippen LogP contribution in [0.15, 0.2) is 36.4 Å². The molecule has 0 spiro atoms. The van der Waals surface area contributed by atoms with Crippen LogP contribution in [-0.4, -0.2) is 23.9 Å². The number of carbonyl (C=O) groups excluding carboxylic acids is 2. The lowest BCUT2D eigenvalue weighted by atomic mass is 9.84. The van der Waals surface area contributed by atoms with Crippen molar-refractivity contribution in [2.75, 3.05) is 11.4 Å². The fourth-order valence-corrected chi connectivity index (χ4v) is 4.84. The van der Waals surface area contributed by atoms with Crippen molar-refractivity contribution in [3.63, 3.8) is 0 Å². The summed E-state index contributed by atoms with van der Waals surface area (Å²) in [4.78, 5) is 27.4. The third-order valence-electron chi connectivity index (χ3n) is 5.98. The minimum atomic E-state index is -0.273. The van der Waals surface area contributed by atoms with E-state index in [0.717, 1.165) is 28.8 Å². The summed E-state index contributed by atoms with van der Waals surface area (Å²) in [5.41, 5.74) is 4.25. The first kappa shape index (κ1) is 24.0. The normalized spacial score (nSPS) is 19.2. The van der Waals surface area contributed by atoms with Gasteiger partial charge in [0, 0.05) is 23.7 Å². The number of carbonyl (C=O) groups is 2. The molecule has 0 aliphatic carbocycles. The summed E-state index contributed by atoms with van der Waals surface area (Å²) >= 11 is 0. The Morgan fingerprint density at radius 2 is 1.78 bits per heavy atom. The number of nitrogens with one attached hydrogen (secondary N) is 1. The van der Waals surface area contributed by atoms with Gasteiger partial charge in [0.2, 0.25) is 11.8 Å². The Morgan fingerprint density at radius 1 is 1.16 bits per heavy atom. The maximum Gasteiger partial charge on any atom is 0.229 e. The van der Waals surface area contributed by atoms with Crippen molar-refractivity contribution in [2.24, 2.45) is 11.8 Å². The summed E-state index contributed by atoms with van der Waals surface area (Å²) in [6.07, 6.45) is 1.68. The Kier molecular flexibility index (Phi) is 7.06. The van der Waals surface area contributed by atoms with Crippen molar-refractivity contribution in [2.45, 2.75) is 66.3 Å². The summed E-state index contributed by atoms with van der Waals surface area (Å²) < 4.78 is 14.2. The molecular formula is C27H35FN2O2. The first-order chi connectivity index (χ1) is 14.9. The molecule has 0 radical (unpaired) electrons. The molecule has 172 valence electrons. The van der Waals surface area contributed by atoms with Crippen LogP contribution in [0.4, 0.5) is 10.1 Å². The number of hydrogen-bond donors (Lipinski definition) is 1. The zero-order chi connectivity index (χ0) is 23.6. The van der Waals surface area contributed by atoms with E-state index in [4.69, 9.17) is 0 Å².